The Balaban J connectivity index is 1.73. The summed E-state index contributed by atoms with van der Waals surface area (Å²) >= 11 is 0. The molecule has 1 N–H and O–H groups in total. The van der Waals surface area contributed by atoms with E-state index in [0.29, 0.717) is 0 Å². The number of nitrogens with zero attached hydrogens (tertiary/aromatic N) is 2. The van der Waals surface area contributed by atoms with Crippen LogP contribution in [-0.2, 0) is 0 Å². The minimum absolute atomic E-state index is 0.735. The molecule has 3 heterocycles. The first-order valence-electron chi connectivity index (χ1n) is 9.53. The van der Waals surface area contributed by atoms with Crippen molar-refractivity contribution in [3.8, 4) is 0 Å². The molecule has 0 aromatic carbocycles. The van der Waals surface area contributed by atoms with Crippen LogP contribution in [0.5, 0.6) is 0 Å². The van der Waals surface area contributed by atoms with Crippen LogP contribution in [0.3, 0.4) is 0 Å². The van der Waals surface area contributed by atoms with Crippen molar-refractivity contribution in [2.45, 2.75) is 64.5 Å². The zero-order chi connectivity index (χ0) is 14.7. The van der Waals surface area contributed by atoms with Crippen LogP contribution in [0, 0.1) is 11.8 Å². The van der Waals surface area contributed by atoms with Gasteiger partial charge in [-0.1, -0.05) is 39.5 Å². The largest absolute Gasteiger partial charge is 0.312 e. The van der Waals surface area contributed by atoms with Crippen molar-refractivity contribution in [2.24, 2.45) is 11.8 Å². The van der Waals surface area contributed by atoms with E-state index in [0.717, 1.165) is 23.9 Å². The molecule has 21 heavy (non-hydrogen) atoms. The first-order chi connectivity index (χ1) is 10.3. The van der Waals surface area contributed by atoms with Crippen molar-refractivity contribution in [2.75, 3.05) is 39.3 Å². The molecule has 0 amide bonds. The Hall–Kier alpha value is -0.120. The lowest BCUT2D eigenvalue weighted by Crippen LogP contribution is -2.68. The zero-order valence-electron chi connectivity index (χ0n) is 14.2. The summed E-state index contributed by atoms with van der Waals surface area (Å²) in [6.45, 7) is 12.4. The van der Waals surface area contributed by atoms with Crippen LogP contribution in [0.15, 0.2) is 0 Å². The SMILES string of the molecule is CCCNC(C1CCCCC1CC)C1CN2CCN1CC2. The van der Waals surface area contributed by atoms with E-state index in [4.69, 9.17) is 0 Å². The van der Waals surface area contributed by atoms with Crippen molar-refractivity contribution in [1.82, 2.24) is 15.1 Å². The molecule has 1 aliphatic carbocycles. The fourth-order valence-electron chi connectivity index (χ4n) is 5.10. The molecule has 0 spiro atoms. The summed E-state index contributed by atoms with van der Waals surface area (Å²) in [6.07, 6.45) is 8.51. The van der Waals surface area contributed by atoms with Crippen molar-refractivity contribution < 1.29 is 0 Å². The van der Waals surface area contributed by atoms with E-state index in [2.05, 4.69) is 29.0 Å². The van der Waals surface area contributed by atoms with Gasteiger partial charge in [0, 0.05) is 44.8 Å². The Morgan fingerprint density at radius 1 is 1.05 bits per heavy atom. The molecule has 4 atom stereocenters. The number of nitrogens with one attached hydrogen (secondary N) is 1. The number of fused-ring (bicyclic) bond motifs is 3. The van der Waals surface area contributed by atoms with Gasteiger partial charge < -0.3 is 5.32 Å². The molecule has 3 saturated heterocycles. The quantitative estimate of drug-likeness (QED) is 0.812. The smallest absolute Gasteiger partial charge is 0.0380 e. The van der Waals surface area contributed by atoms with E-state index >= 15 is 0 Å². The highest BCUT2D eigenvalue weighted by Crippen LogP contribution is 2.37. The molecule has 4 aliphatic rings. The molecule has 1 saturated carbocycles. The van der Waals surface area contributed by atoms with Crippen molar-refractivity contribution >= 4 is 0 Å². The highest BCUT2D eigenvalue weighted by molar-refractivity contribution is 4.99. The van der Waals surface area contributed by atoms with E-state index in [1.807, 2.05) is 0 Å². The molecule has 3 nitrogen and oxygen atoms in total. The molecular formula is C18H35N3. The fraction of sp³-hybridized carbons (Fsp3) is 1.00. The summed E-state index contributed by atoms with van der Waals surface area (Å²) in [7, 11) is 0. The second kappa shape index (κ2) is 7.43. The number of hydrogen-bond acceptors (Lipinski definition) is 3. The van der Waals surface area contributed by atoms with Crippen molar-refractivity contribution in [3.05, 3.63) is 0 Å². The lowest BCUT2D eigenvalue weighted by Gasteiger charge is -2.53. The first-order valence-corrected chi connectivity index (χ1v) is 9.53. The van der Waals surface area contributed by atoms with Crippen LogP contribution in [0.25, 0.3) is 0 Å². The van der Waals surface area contributed by atoms with Crippen molar-refractivity contribution in [1.29, 1.82) is 0 Å². The monoisotopic (exact) mass is 293 g/mol. The maximum atomic E-state index is 3.99. The minimum Gasteiger partial charge on any atom is -0.312 e. The van der Waals surface area contributed by atoms with Crippen LogP contribution in [0.4, 0.5) is 0 Å². The molecule has 122 valence electrons. The van der Waals surface area contributed by atoms with E-state index in [-0.39, 0.29) is 0 Å². The Morgan fingerprint density at radius 2 is 1.81 bits per heavy atom. The third-order valence-corrected chi connectivity index (χ3v) is 6.32. The number of rotatable bonds is 6. The topological polar surface area (TPSA) is 18.5 Å². The van der Waals surface area contributed by atoms with Crippen LogP contribution >= 0.6 is 0 Å². The molecular weight excluding hydrogens is 258 g/mol. The van der Waals surface area contributed by atoms with Crippen LogP contribution in [-0.4, -0.2) is 61.2 Å². The summed E-state index contributed by atoms with van der Waals surface area (Å²) < 4.78 is 0. The average molecular weight is 293 g/mol. The Kier molecular flexibility index (Phi) is 5.58. The molecule has 4 fully saturated rings. The molecule has 4 unspecified atom stereocenters. The van der Waals surface area contributed by atoms with Gasteiger partial charge in [0.05, 0.1) is 0 Å². The van der Waals surface area contributed by atoms with Crippen LogP contribution in [0.2, 0.25) is 0 Å². The van der Waals surface area contributed by atoms with E-state index in [9.17, 15) is 0 Å². The number of hydrogen-bond donors (Lipinski definition) is 1. The van der Waals surface area contributed by atoms with Gasteiger partial charge in [0.1, 0.15) is 0 Å². The molecule has 0 aromatic rings. The summed E-state index contributed by atoms with van der Waals surface area (Å²) in [5.41, 5.74) is 0. The lowest BCUT2D eigenvalue weighted by atomic mass is 9.71. The maximum absolute atomic E-state index is 3.99. The summed E-state index contributed by atoms with van der Waals surface area (Å²) in [5, 5.41) is 3.99. The predicted molar refractivity (Wildman–Crippen MR) is 89.6 cm³/mol. The van der Waals surface area contributed by atoms with Gasteiger partial charge in [0.25, 0.3) is 0 Å². The summed E-state index contributed by atoms with van der Waals surface area (Å²) in [6, 6.07) is 1.51. The second-order valence-corrected chi connectivity index (χ2v) is 7.50. The normalized spacial score (nSPS) is 41.1. The van der Waals surface area contributed by atoms with Gasteiger partial charge in [0.2, 0.25) is 0 Å². The zero-order valence-corrected chi connectivity index (χ0v) is 14.2. The molecule has 3 aliphatic heterocycles. The Bertz CT molecular complexity index is 305. The average Bonchev–Trinajstić information content (AvgIpc) is 2.57. The Labute approximate surface area is 131 Å². The summed E-state index contributed by atoms with van der Waals surface area (Å²) in [5.74, 6) is 1.88. The summed E-state index contributed by atoms with van der Waals surface area (Å²) in [4.78, 5) is 5.50. The van der Waals surface area contributed by atoms with Crippen LogP contribution < -0.4 is 5.32 Å². The van der Waals surface area contributed by atoms with Crippen molar-refractivity contribution in [3.63, 3.8) is 0 Å². The standard InChI is InChI=1S/C18H35N3/c1-3-9-19-18(16-8-6-5-7-15(16)4-2)17-14-20-10-12-21(17)13-11-20/h15-19H,3-14H2,1-2H3. The maximum Gasteiger partial charge on any atom is 0.0380 e. The molecule has 0 aromatic heterocycles. The van der Waals surface area contributed by atoms with Gasteiger partial charge in [-0.15, -0.1) is 0 Å². The van der Waals surface area contributed by atoms with E-state index in [1.54, 1.807) is 0 Å². The van der Waals surface area contributed by atoms with Crippen LogP contribution in [0.1, 0.15) is 52.4 Å². The van der Waals surface area contributed by atoms with Gasteiger partial charge in [-0.05, 0) is 31.2 Å². The third-order valence-electron chi connectivity index (χ3n) is 6.32. The van der Waals surface area contributed by atoms with Gasteiger partial charge in [0.15, 0.2) is 0 Å². The highest BCUT2D eigenvalue weighted by atomic mass is 15.4. The Morgan fingerprint density at radius 3 is 2.43 bits per heavy atom. The molecule has 4 rings (SSSR count). The number of piperazine rings is 3. The van der Waals surface area contributed by atoms with E-state index < -0.39 is 0 Å². The molecule has 0 radical (unpaired) electrons. The second-order valence-electron chi connectivity index (χ2n) is 7.50. The third kappa shape index (κ3) is 3.46. The first kappa shape index (κ1) is 15.8. The van der Waals surface area contributed by atoms with Gasteiger partial charge in [-0.2, -0.15) is 0 Å². The molecule has 2 bridgehead atoms. The van der Waals surface area contributed by atoms with Gasteiger partial charge in [-0.3, -0.25) is 9.80 Å². The predicted octanol–water partition coefficient (Wildman–Crippen LogP) is 2.57. The minimum atomic E-state index is 0.735. The highest BCUT2D eigenvalue weighted by Gasteiger charge is 2.41. The fourth-order valence-corrected chi connectivity index (χ4v) is 5.10. The van der Waals surface area contributed by atoms with E-state index in [1.165, 1.54) is 77.8 Å². The van der Waals surface area contributed by atoms with Gasteiger partial charge >= 0.3 is 0 Å². The molecule has 3 heteroatoms. The lowest BCUT2D eigenvalue weighted by molar-refractivity contribution is -0.0235. The van der Waals surface area contributed by atoms with Gasteiger partial charge in [-0.25, -0.2) is 0 Å².